The first-order valence-electron chi connectivity index (χ1n) is 12.3. The summed E-state index contributed by atoms with van der Waals surface area (Å²) in [6, 6.07) is 5.93. The van der Waals surface area contributed by atoms with Gasteiger partial charge in [-0.05, 0) is 23.8 Å². The fraction of sp³-hybridized carbons (Fsp3) is 0.310. The van der Waals surface area contributed by atoms with Crippen molar-refractivity contribution in [3.63, 3.8) is 0 Å². The van der Waals surface area contributed by atoms with Crippen molar-refractivity contribution in [3.8, 4) is 5.75 Å². The van der Waals surface area contributed by atoms with Gasteiger partial charge >= 0.3 is 0 Å². The van der Waals surface area contributed by atoms with E-state index in [-0.39, 0.29) is 0 Å². The summed E-state index contributed by atoms with van der Waals surface area (Å²) >= 11 is 0. The Balaban J connectivity index is 1.27. The van der Waals surface area contributed by atoms with Crippen molar-refractivity contribution in [2.24, 2.45) is 9.98 Å². The summed E-state index contributed by atoms with van der Waals surface area (Å²) in [5, 5.41) is 19.5. The summed E-state index contributed by atoms with van der Waals surface area (Å²) in [6.07, 6.45) is 13.2. The Hall–Kier alpha value is -3.59. The normalized spacial score (nSPS) is 20.1. The third-order valence-electron chi connectivity index (χ3n) is 5.85. The van der Waals surface area contributed by atoms with E-state index in [0.717, 1.165) is 34.0 Å². The molecule has 1 heterocycles. The number of halogens is 1. The highest BCUT2D eigenvalue weighted by molar-refractivity contribution is 6.34. The van der Waals surface area contributed by atoms with Crippen LogP contribution in [0.1, 0.15) is 18.4 Å². The Kier molecular flexibility index (Phi) is 11.2. The minimum Gasteiger partial charge on any atom is -0.492 e. The average molecular weight is 506 g/mol. The largest absolute Gasteiger partial charge is 0.492 e. The van der Waals surface area contributed by atoms with Gasteiger partial charge in [0.25, 0.3) is 0 Å². The minimum absolute atomic E-state index is 0.326. The number of fused-ring (bicyclic) bond motifs is 1. The van der Waals surface area contributed by atoms with E-state index in [1.807, 2.05) is 36.4 Å². The molecule has 2 aliphatic rings. The van der Waals surface area contributed by atoms with Gasteiger partial charge in [-0.15, -0.1) is 0 Å². The van der Waals surface area contributed by atoms with E-state index in [4.69, 9.17) is 4.74 Å². The van der Waals surface area contributed by atoms with Crippen molar-refractivity contribution in [2.45, 2.75) is 25.2 Å². The molecule has 4 N–H and O–H groups in total. The zero-order valence-electron chi connectivity index (χ0n) is 21.3. The molecule has 0 aromatic heterocycles. The molecule has 0 fully saturated rings. The van der Waals surface area contributed by atoms with Crippen molar-refractivity contribution in [1.29, 1.82) is 0 Å². The zero-order valence-corrected chi connectivity index (χ0v) is 21.3. The predicted octanol–water partition coefficient (Wildman–Crippen LogP) is 4.34. The molecular weight excluding hydrogens is 469 g/mol. The van der Waals surface area contributed by atoms with Gasteiger partial charge in [0.05, 0.1) is 12.4 Å². The van der Waals surface area contributed by atoms with E-state index in [9.17, 15) is 9.50 Å². The van der Waals surface area contributed by atoms with Gasteiger partial charge in [0, 0.05) is 56.4 Å². The van der Waals surface area contributed by atoms with E-state index in [0.29, 0.717) is 44.8 Å². The molecule has 0 amide bonds. The molecule has 7 nitrogen and oxygen atoms in total. The number of amidine groups is 1. The first-order chi connectivity index (χ1) is 18.0. The van der Waals surface area contributed by atoms with Gasteiger partial charge < -0.3 is 15.2 Å². The van der Waals surface area contributed by atoms with Crippen LogP contribution in [0.5, 0.6) is 5.75 Å². The van der Waals surface area contributed by atoms with Crippen molar-refractivity contribution in [2.75, 3.05) is 38.7 Å². The number of nitrogens with one attached hydrogen (secondary N) is 3. The van der Waals surface area contributed by atoms with Gasteiger partial charge in [-0.3, -0.25) is 20.6 Å². The highest BCUT2D eigenvalue weighted by atomic mass is 19.1. The highest BCUT2D eigenvalue weighted by Gasteiger charge is 2.21. The Bertz CT molecular complexity index is 1130. The number of ether oxygens (including phenoxy) is 1. The maximum absolute atomic E-state index is 13.9. The van der Waals surface area contributed by atoms with Gasteiger partial charge in [-0.1, -0.05) is 55.2 Å². The molecule has 0 saturated heterocycles. The molecule has 196 valence electrons. The lowest BCUT2D eigenvalue weighted by Crippen LogP contribution is -2.31. The Morgan fingerprint density at radius 2 is 2.19 bits per heavy atom. The summed E-state index contributed by atoms with van der Waals surface area (Å²) < 4.78 is 19.7. The molecule has 3 rings (SSSR count). The van der Waals surface area contributed by atoms with Crippen LogP contribution in [0.4, 0.5) is 10.1 Å². The molecule has 1 aromatic carbocycles. The topological polar surface area (TPSA) is 90.3 Å². The maximum atomic E-state index is 13.9. The number of hydrogen-bond donors (Lipinski definition) is 4. The van der Waals surface area contributed by atoms with Gasteiger partial charge in [0.15, 0.2) is 0 Å². The lowest BCUT2D eigenvalue weighted by atomic mass is 9.96. The second kappa shape index (κ2) is 14.8. The highest BCUT2D eigenvalue weighted by Crippen LogP contribution is 2.35. The average Bonchev–Trinajstić information content (AvgIpc) is 3.25. The smallest absolute Gasteiger partial charge is 0.133 e. The lowest BCUT2D eigenvalue weighted by molar-refractivity contribution is 0.143. The van der Waals surface area contributed by atoms with Crippen LogP contribution in [-0.4, -0.2) is 63.0 Å². The number of allylic oxidation sites excluding steroid dienone is 7. The molecule has 0 spiro atoms. The van der Waals surface area contributed by atoms with Crippen molar-refractivity contribution >= 4 is 23.3 Å². The van der Waals surface area contributed by atoms with Crippen LogP contribution in [0.2, 0.25) is 0 Å². The summed E-state index contributed by atoms with van der Waals surface area (Å²) in [4.78, 5) is 8.55. The fourth-order valence-corrected chi connectivity index (χ4v) is 3.90. The van der Waals surface area contributed by atoms with Gasteiger partial charge in [0.1, 0.15) is 30.6 Å². The standard InChI is InChI=1S/C29H36FN5O2/c1-4-8-25-24-13-12-23(18-27(24)35-29(25)31-3)37-16-15-33-20-32-14-7-6-9-28(36)34-19-21-10-11-22(5-2)26(30)17-21/h4-8,10-14,18,26,28,33-34,36H,1-2,9,15-17,19-20H2,3H3,(H,31,35)/b7-6-,25-8-,32-14-. The molecule has 2 atom stereocenters. The van der Waals surface area contributed by atoms with Crippen LogP contribution in [0, 0.1) is 0 Å². The number of nitrogens with zero attached hydrogens (tertiary/aromatic N) is 2. The first-order valence-corrected chi connectivity index (χ1v) is 12.3. The first kappa shape index (κ1) is 28.0. The van der Waals surface area contributed by atoms with E-state index in [1.165, 1.54) is 0 Å². The fourth-order valence-electron chi connectivity index (χ4n) is 3.90. The maximum Gasteiger partial charge on any atom is 0.133 e. The van der Waals surface area contributed by atoms with Crippen molar-refractivity contribution in [1.82, 2.24) is 10.6 Å². The number of alkyl halides is 1. The molecule has 1 aliphatic heterocycles. The second-order valence-electron chi connectivity index (χ2n) is 8.49. The Morgan fingerprint density at radius 1 is 1.32 bits per heavy atom. The van der Waals surface area contributed by atoms with Crippen LogP contribution >= 0.6 is 0 Å². The molecule has 0 saturated carbocycles. The number of hydrogen-bond acceptors (Lipinski definition) is 6. The van der Waals surface area contributed by atoms with E-state index in [1.54, 1.807) is 37.6 Å². The number of benzene rings is 1. The Labute approximate surface area is 218 Å². The van der Waals surface area contributed by atoms with E-state index >= 15 is 0 Å². The van der Waals surface area contributed by atoms with Crippen LogP contribution in [0.15, 0.2) is 95.0 Å². The summed E-state index contributed by atoms with van der Waals surface area (Å²) in [7, 11) is 1.76. The summed E-state index contributed by atoms with van der Waals surface area (Å²) in [5.74, 6) is 1.60. The van der Waals surface area contributed by atoms with Crippen LogP contribution in [0.25, 0.3) is 5.57 Å². The minimum atomic E-state index is -1.03. The second-order valence-corrected chi connectivity index (χ2v) is 8.49. The van der Waals surface area contributed by atoms with Crippen LogP contribution < -0.4 is 20.7 Å². The zero-order chi connectivity index (χ0) is 26.5. The van der Waals surface area contributed by atoms with Crippen LogP contribution in [-0.2, 0) is 0 Å². The summed E-state index contributed by atoms with van der Waals surface area (Å²) in [6.45, 7) is 9.45. The van der Waals surface area contributed by atoms with E-state index < -0.39 is 12.4 Å². The third-order valence-corrected chi connectivity index (χ3v) is 5.85. The molecule has 0 radical (unpaired) electrons. The molecule has 1 aromatic rings. The molecule has 0 bridgehead atoms. The van der Waals surface area contributed by atoms with Gasteiger partial charge in [-0.2, -0.15) is 0 Å². The van der Waals surface area contributed by atoms with E-state index in [2.05, 4.69) is 39.1 Å². The number of aliphatic hydroxyl groups is 1. The van der Waals surface area contributed by atoms with Crippen molar-refractivity contribution < 1.29 is 14.2 Å². The molecule has 1 aliphatic carbocycles. The summed E-state index contributed by atoms with van der Waals surface area (Å²) in [5.41, 5.74) is 4.58. The lowest BCUT2D eigenvalue weighted by Gasteiger charge is -2.18. The number of aliphatic imine (C=N–C) groups is 2. The third kappa shape index (κ3) is 8.49. The molecule has 37 heavy (non-hydrogen) atoms. The quantitative estimate of drug-likeness (QED) is 0.172. The SMILES string of the molecule is C=C/C=C1\C(=N/C)Nc2cc(OCCNC/N=C\C=C/CC(O)NCC3=CC=C(C=C)C(F)C3)ccc21. The molecule has 2 unspecified atom stereocenters. The van der Waals surface area contributed by atoms with Gasteiger partial charge in [0.2, 0.25) is 0 Å². The molecular formula is C29H36FN5O2. The Morgan fingerprint density at radius 3 is 2.95 bits per heavy atom. The van der Waals surface area contributed by atoms with Gasteiger partial charge in [-0.25, -0.2) is 4.39 Å². The number of rotatable bonds is 14. The van der Waals surface area contributed by atoms with Crippen molar-refractivity contribution in [3.05, 3.63) is 90.6 Å². The molecule has 8 heteroatoms. The van der Waals surface area contributed by atoms with Crippen LogP contribution in [0.3, 0.4) is 0 Å². The monoisotopic (exact) mass is 505 g/mol. The number of aliphatic hydroxyl groups excluding tert-OH is 1. The predicted molar refractivity (Wildman–Crippen MR) is 152 cm³/mol. The number of anilines is 1.